The van der Waals surface area contributed by atoms with Crippen molar-refractivity contribution in [2.24, 2.45) is 7.05 Å². The Labute approximate surface area is 105 Å². The average molecular weight is 267 g/mol. The molecule has 0 atom stereocenters. The average Bonchev–Trinajstić information content (AvgIpc) is 2.76. The van der Waals surface area contributed by atoms with Gasteiger partial charge in [-0.1, -0.05) is 18.2 Å². The fraction of sp³-hybridized carbons (Fsp3) is 0.273. The van der Waals surface area contributed by atoms with Crippen molar-refractivity contribution in [1.82, 2.24) is 14.8 Å². The Bertz CT molecular complexity index is 649. The van der Waals surface area contributed by atoms with Gasteiger partial charge in [0.15, 0.2) is 0 Å². The molecular formula is C11H13N3O3S. The highest BCUT2D eigenvalue weighted by Gasteiger charge is 2.22. The minimum Gasteiger partial charge on any atom is -0.496 e. The van der Waals surface area contributed by atoms with Crippen LogP contribution in [0, 0.1) is 0 Å². The quantitative estimate of drug-likeness (QED) is 0.819. The Morgan fingerprint density at radius 3 is 2.67 bits per heavy atom. The number of rotatable bonds is 4. The topological polar surface area (TPSA) is 74.1 Å². The number of aromatic nitrogens is 3. The molecule has 0 amide bonds. The third-order valence-electron chi connectivity index (χ3n) is 2.49. The first-order chi connectivity index (χ1) is 8.54. The SMILES string of the molecule is COc1ccccc1CS(=O)(=O)c1nncn1C. The number of hydrogen-bond donors (Lipinski definition) is 0. The molecule has 0 aliphatic heterocycles. The van der Waals surface area contributed by atoms with E-state index in [2.05, 4.69) is 10.2 Å². The maximum atomic E-state index is 12.2. The maximum absolute atomic E-state index is 12.2. The van der Waals surface area contributed by atoms with Crippen molar-refractivity contribution in [3.05, 3.63) is 36.2 Å². The highest BCUT2D eigenvalue weighted by atomic mass is 32.2. The third kappa shape index (κ3) is 2.35. The molecule has 0 saturated heterocycles. The smallest absolute Gasteiger partial charge is 0.249 e. The van der Waals surface area contributed by atoms with Gasteiger partial charge in [0.05, 0.1) is 12.9 Å². The Balaban J connectivity index is 2.37. The standard InChI is InChI=1S/C11H13N3O3S/c1-14-8-12-13-11(14)18(15,16)7-9-5-3-4-6-10(9)17-2/h3-6,8H,7H2,1-2H3. The van der Waals surface area contributed by atoms with Crippen LogP contribution < -0.4 is 4.74 Å². The molecule has 0 unspecified atom stereocenters. The van der Waals surface area contributed by atoms with Gasteiger partial charge in [0.2, 0.25) is 15.0 Å². The summed E-state index contributed by atoms with van der Waals surface area (Å²) in [5, 5.41) is 7.15. The van der Waals surface area contributed by atoms with Crippen molar-refractivity contribution in [3.8, 4) is 5.75 Å². The molecule has 0 saturated carbocycles. The van der Waals surface area contributed by atoms with E-state index in [0.717, 1.165) is 0 Å². The number of hydrogen-bond acceptors (Lipinski definition) is 5. The van der Waals surface area contributed by atoms with Crippen LogP contribution in [0.2, 0.25) is 0 Å². The van der Waals surface area contributed by atoms with Gasteiger partial charge < -0.3 is 9.30 Å². The van der Waals surface area contributed by atoms with Crippen molar-refractivity contribution >= 4 is 9.84 Å². The molecule has 0 radical (unpaired) electrons. The van der Waals surface area contributed by atoms with Gasteiger partial charge in [0.25, 0.3) is 0 Å². The second-order valence-corrected chi connectivity index (χ2v) is 5.68. The van der Waals surface area contributed by atoms with Gasteiger partial charge in [0, 0.05) is 12.6 Å². The number of benzene rings is 1. The molecule has 1 aromatic carbocycles. The molecule has 0 aliphatic rings. The summed E-state index contributed by atoms with van der Waals surface area (Å²) in [5.74, 6) is 0.382. The Kier molecular flexibility index (Phi) is 3.33. The third-order valence-corrected chi connectivity index (χ3v) is 4.10. The normalized spacial score (nSPS) is 11.4. The van der Waals surface area contributed by atoms with E-state index in [1.807, 2.05) is 0 Å². The molecule has 0 bridgehead atoms. The summed E-state index contributed by atoms with van der Waals surface area (Å²) in [6.45, 7) is 0. The highest BCUT2D eigenvalue weighted by molar-refractivity contribution is 7.90. The Morgan fingerprint density at radius 2 is 2.06 bits per heavy atom. The van der Waals surface area contributed by atoms with Gasteiger partial charge in [0.1, 0.15) is 12.1 Å². The first kappa shape index (κ1) is 12.6. The maximum Gasteiger partial charge on any atom is 0.249 e. The second kappa shape index (κ2) is 4.77. The first-order valence-electron chi connectivity index (χ1n) is 5.23. The fourth-order valence-electron chi connectivity index (χ4n) is 1.65. The highest BCUT2D eigenvalue weighted by Crippen LogP contribution is 2.22. The van der Waals surface area contributed by atoms with Gasteiger partial charge in [-0.2, -0.15) is 0 Å². The fourth-order valence-corrected chi connectivity index (χ4v) is 3.08. The van der Waals surface area contributed by atoms with E-state index in [1.165, 1.54) is 18.0 Å². The molecule has 0 spiro atoms. The number of methoxy groups -OCH3 is 1. The van der Waals surface area contributed by atoms with Gasteiger partial charge in [-0.3, -0.25) is 0 Å². The second-order valence-electron chi connectivity index (χ2n) is 3.80. The summed E-state index contributed by atoms with van der Waals surface area (Å²) >= 11 is 0. The molecular weight excluding hydrogens is 254 g/mol. The van der Waals surface area contributed by atoms with Crippen molar-refractivity contribution in [3.63, 3.8) is 0 Å². The summed E-state index contributed by atoms with van der Waals surface area (Å²) in [6, 6.07) is 7.00. The van der Waals surface area contributed by atoms with Crippen LogP contribution >= 0.6 is 0 Å². The summed E-state index contributed by atoms with van der Waals surface area (Å²) in [7, 11) is -0.424. The zero-order valence-electron chi connectivity index (χ0n) is 10.1. The first-order valence-corrected chi connectivity index (χ1v) is 6.88. The van der Waals surface area contributed by atoms with Crippen molar-refractivity contribution in [1.29, 1.82) is 0 Å². The van der Waals surface area contributed by atoms with Crippen LogP contribution in [0.3, 0.4) is 0 Å². The van der Waals surface area contributed by atoms with Gasteiger partial charge >= 0.3 is 0 Å². The van der Waals surface area contributed by atoms with Crippen molar-refractivity contribution in [2.45, 2.75) is 10.9 Å². The van der Waals surface area contributed by atoms with E-state index in [9.17, 15) is 8.42 Å². The van der Waals surface area contributed by atoms with E-state index < -0.39 is 9.84 Å². The lowest BCUT2D eigenvalue weighted by molar-refractivity contribution is 0.411. The van der Waals surface area contributed by atoms with Gasteiger partial charge in [-0.05, 0) is 6.07 Å². The van der Waals surface area contributed by atoms with E-state index in [0.29, 0.717) is 11.3 Å². The largest absolute Gasteiger partial charge is 0.496 e. The lowest BCUT2D eigenvalue weighted by Gasteiger charge is -2.08. The van der Waals surface area contributed by atoms with Crippen LogP contribution in [0.25, 0.3) is 0 Å². The lowest BCUT2D eigenvalue weighted by atomic mass is 10.2. The number of para-hydroxylation sites is 1. The van der Waals surface area contributed by atoms with Crippen LogP contribution in [-0.4, -0.2) is 30.3 Å². The van der Waals surface area contributed by atoms with Crippen molar-refractivity contribution in [2.75, 3.05) is 7.11 Å². The van der Waals surface area contributed by atoms with E-state index in [-0.39, 0.29) is 10.9 Å². The molecule has 0 aliphatic carbocycles. The minimum absolute atomic E-state index is 0.0478. The monoisotopic (exact) mass is 267 g/mol. The summed E-state index contributed by atoms with van der Waals surface area (Å²) in [6.07, 6.45) is 1.36. The zero-order chi connectivity index (χ0) is 13.2. The van der Waals surface area contributed by atoms with Crippen LogP contribution in [0.5, 0.6) is 5.75 Å². The van der Waals surface area contributed by atoms with Gasteiger partial charge in [-0.15, -0.1) is 10.2 Å². The van der Waals surface area contributed by atoms with Gasteiger partial charge in [-0.25, -0.2) is 8.42 Å². The van der Waals surface area contributed by atoms with Crippen LogP contribution in [0.15, 0.2) is 35.7 Å². The van der Waals surface area contributed by atoms with E-state index >= 15 is 0 Å². The molecule has 0 N–H and O–H groups in total. The van der Waals surface area contributed by atoms with Crippen LogP contribution in [0.4, 0.5) is 0 Å². The number of sulfone groups is 1. The molecule has 96 valence electrons. The molecule has 0 fully saturated rings. The van der Waals surface area contributed by atoms with Crippen LogP contribution in [0.1, 0.15) is 5.56 Å². The zero-order valence-corrected chi connectivity index (χ0v) is 10.9. The van der Waals surface area contributed by atoms with Crippen molar-refractivity contribution < 1.29 is 13.2 Å². The van der Waals surface area contributed by atoms with Crippen LogP contribution in [-0.2, 0) is 22.6 Å². The summed E-state index contributed by atoms with van der Waals surface area (Å²) in [5.41, 5.74) is 0.600. The number of nitrogens with zero attached hydrogens (tertiary/aromatic N) is 3. The van der Waals surface area contributed by atoms with E-state index in [4.69, 9.17) is 4.74 Å². The Morgan fingerprint density at radius 1 is 1.33 bits per heavy atom. The molecule has 18 heavy (non-hydrogen) atoms. The molecule has 1 heterocycles. The summed E-state index contributed by atoms with van der Waals surface area (Å²) < 4.78 is 30.9. The predicted molar refractivity (Wildman–Crippen MR) is 64.9 cm³/mol. The molecule has 6 nitrogen and oxygen atoms in total. The summed E-state index contributed by atoms with van der Waals surface area (Å²) in [4.78, 5) is 0. The molecule has 1 aromatic heterocycles. The molecule has 2 rings (SSSR count). The minimum atomic E-state index is -3.52. The molecule has 2 aromatic rings. The number of aryl methyl sites for hydroxylation is 1. The predicted octanol–water partition coefficient (Wildman–Crippen LogP) is 0.798. The lowest BCUT2D eigenvalue weighted by Crippen LogP contribution is -2.11. The number of ether oxygens (including phenoxy) is 1. The molecule has 7 heteroatoms. The Hall–Kier alpha value is -1.89. The van der Waals surface area contributed by atoms with E-state index in [1.54, 1.807) is 31.3 Å².